The summed E-state index contributed by atoms with van der Waals surface area (Å²) in [4.78, 5) is 41.2. The molecule has 1 fully saturated rings. The van der Waals surface area contributed by atoms with Crippen molar-refractivity contribution in [2.45, 2.75) is 65.6 Å². The summed E-state index contributed by atoms with van der Waals surface area (Å²) in [6.07, 6.45) is -0.788. The molecule has 1 aliphatic heterocycles. The number of nitrogens with two attached hydrogens (primary N) is 2. The zero-order valence-electron chi connectivity index (χ0n) is 23.3. The normalized spacial score (nSPS) is 18.9. The van der Waals surface area contributed by atoms with E-state index in [1.807, 2.05) is 56.9 Å². The van der Waals surface area contributed by atoms with E-state index in [2.05, 4.69) is 5.32 Å². The zero-order valence-corrected chi connectivity index (χ0v) is 23.3. The topological polar surface area (TPSA) is 151 Å². The molecule has 6 N–H and O–H groups in total. The van der Waals surface area contributed by atoms with Gasteiger partial charge in [-0.3, -0.25) is 19.3 Å². The molecule has 1 aromatic carbocycles. The van der Waals surface area contributed by atoms with Crippen LogP contribution in [0, 0.1) is 17.3 Å². The van der Waals surface area contributed by atoms with Crippen molar-refractivity contribution in [2.75, 3.05) is 38.2 Å². The molecule has 0 spiro atoms. The van der Waals surface area contributed by atoms with Gasteiger partial charge in [-0.25, -0.2) is 0 Å². The first kappa shape index (κ1) is 30.5. The summed E-state index contributed by atoms with van der Waals surface area (Å²) in [6.45, 7) is 12.2. The molecule has 0 unspecified atom stereocenters. The second-order valence-corrected chi connectivity index (χ2v) is 11.7. The SMILES string of the molecule is COc1cccc(N2CC(C)(C)N(C[C@H](N)[C@@H](O)C[C@H](C(=O)NCC(C)(C)C(N)=O)C(C)C)CC2=O)c1. The van der Waals surface area contributed by atoms with Crippen LogP contribution < -0.4 is 26.4 Å². The van der Waals surface area contributed by atoms with Crippen LogP contribution >= 0.6 is 0 Å². The lowest BCUT2D eigenvalue weighted by Gasteiger charge is -2.47. The highest BCUT2D eigenvalue weighted by Gasteiger charge is 2.40. The van der Waals surface area contributed by atoms with E-state index in [9.17, 15) is 19.5 Å². The summed E-state index contributed by atoms with van der Waals surface area (Å²) in [5, 5.41) is 13.7. The van der Waals surface area contributed by atoms with Crippen LogP contribution in [0.1, 0.15) is 48.0 Å². The highest BCUT2D eigenvalue weighted by atomic mass is 16.5. The minimum Gasteiger partial charge on any atom is -0.497 e. The van der Waals surface area contributed by atoms with Crippen molar-refractivity contribution < 1.29 is 24.2 Å². The number of aliphatic hydroxyl groups is 1. The van der Waals surface area contributed by atoms with Crippen molar-refractivity contribution >= 4 is 23.4 Å². The maximum atomic E-state index is 13.1. The van der Waals surface area contributed by atoms with Crippen LogP contribution in [0.25, 0.3) is 0 Å². The first-order valence-electron chi connectivity index (χ1n) is 12.8. The van der Waals surface area contributed by atoms with E-state index in [4.69, 9.17) is 16.2 Å². The van der Waals surface area contributed by atoms with Gasteiger partial charge in [0.25, 0.3) is 0 Å². The van der Waals surface area contributed by atoms with Gasteiger partial charge in [-0.05, 0) is 52.2 Å². The van der Waals surface area contributed by atoms with Gasteiger partial charge >= 0.3 is 0 Å². The molecule has 0 aliphatic carbocycles. The molecule has 1 aromatic rings. The Morgan fingerprint density at radius 3 is 2.49 bits per heavy atom. The van der Waals surface area contributed by atoms with Crippen LogP contribution in [0.5, 0.6) is 5.75 Å². The second-order valence-electron chi connectivity index (χ2n) is 11.7. The summed E-state index contributed by atoms with van der Waals surface area (Å²) < 4.78 is 5.30. The van der Waals surface area contributed by atoms with E-state index in [-0.39, 0.29) is 37.2 Å². The molecule has 3 amide bonds. The number of methoxy groups -OCH3 is 1. The number of primary amides is 1. The highest BCUT2D eigenvalue weighted by Crippen LogP contribution is 2.29. The van der Waals surface area contributed by atoms with Gasteiger partial charge in [0.2, 0.25) is 17.7 Å². The molecule has 0 radical (unpaired) electrons. The Hall–Kier alpha value is -2.69. The Bertz CT molecular complexity index is 964. The number of nitrogens with one attached hydrogen (secondary N) is 1. The Morgan fingerprint density at radius 1 is 1.27 bits per heavy atom. The summed E-state index contributed by atoms with van der Waals surface area (Å²) in [5.74, 6) is -0.687. The van der Waals surface area contributed by atoms with Crippen molar-refractivity contribution in [1.82, 2.24) is 10.2 Å². The number of anilines is 1. The van der Waals surface area contributed by atoms with Crippen LogP contribution in [-0.2, 0) is 14.4 Å². The van der Waals surface area contributed by atoms with Crippen LogP contribution in [0.15, 0.2) is 24.3 Å². The molecule has 0 aromatic heterocycles. The third kappa shape index (κ3) is 7.90. The number of hydrogen-bond acceptors (Lipinski definition) is 7. The number of carbonyl (C=O) groups excluding carboxylic acids is 3. The van der Waals surface area contributed by atoms with E-state index < -0.39 is 34.9 Å². The molecule has 2 rings (SSSR count). The van der Waals surface area contributed by atoms with Crippen LogP contribution in [-0.4, -0.2) is 78.7 Å². The first-order valence-corrected chi connectivity index (χ1v) is 12.8. The number of aliphatic hydroxyl groups excluding tert-OH is 1. The predicted molar refractivity (Wildman–Crippen MR) is 144 cm³/mol. The number of nitrogens with zero attached hydrogens (tertiary/aromatic N) is 2. The maximum Gasteiger partial charge on any atom is 0.241 e. The van der Waals surface area contributed by atoms with Crippen LogP contribution in [0.4, 0.5) is 5.69 Å². The van der Waals surface area contributed by atoms with Gasteiger partial charge in [-0.1, -0.05) is 19.9 Å². The number of carbonyl (C=O) groups is 3. The number of amides is 3. The minimum absolute atomic E-state index is 0.0528. The third-order valence-electron chi connectivity index (χ3n) is 7.33. The zero-order chi connectivity index (χ0) is 28.1. The van der Waals surface area contributed by atoms with Gasteiger partial charge in [-0.2, -0.15) is 0 Å². The number of benzene rings is 1. The van der Waals surface area contributed by atoms with Crippen molar-refractivity contribution in [1.29, 1.82) is 0 Å². The van der Waals surface area contributed by atoms with E-state index >= 15 is 0 Å². The standard InChI is InChI=1S/C27H45N5O5/c1-17(2)20(24(35)30-15-26(3,4)25(29)36)12-22(33)21(28)13-31-14-23(34)32(16-27(31,5)6)18-9-8-10-19(11-18)37-7/h8-11,17,20-22,33H,12-16,28H2,1-7H3,(H2,29,36)(H,30,35)/t20-,21-,22-/m0/s1. The van der Waals surface area contributed by atoms with Gasteiger partial charge in [-0.15, -0.1) is 0 Å². The number of rotatable bonds is 12. The lowest BCUT2D eigenvalue weighted by atomic mass is 9.86. The molecule has 0 saturated carbocycles. The first-order chi connectivity index (χ1) is 17.1. The van der Waals surface area contributed by atoms with Crippen molar-refractivity contribution in [3.05, 3.63) is 24.3 Å². The van der Waals surface area contributed by atoms with E-state index in [0.29, 0.717) is 18.8 Å². The van der Waals surface area contributed by atoms with E-state index in [1.165, 1.54) is 0 Å². The molecule has 1 saturated heterocycles. The van der Waals surface area contributed by atoms with Crippen LogP contribution in [0.3, 0.4) is 0 Å². The van der Waals surface area contributed by atoms with Gasteiger partial charge in [0.1, 0.15) is 5.75 Å². The van der Waals surface area contributed by atoms with Crippen molar-refractivity contribution in [3.8, 4) is 5.75 Å². The fourth-order valence-corrected chi connectivity index (χ4v) is 4.38. The van der Waals surface area contributed by atoms with Crippen molar-refractivity contribution in [2.24, 2.45) is 28.7 Å². The Morgan fingerprint density at radius 2 is 1.92 bits per heavy atom. The highest BCUT2D eigenvalue weighted by molar-refractivity contribution is 5.96. The Balaban J connectivity index is 2.03. The summed E-state index contributed by atoms with van der Waals surface area (Å²) >= 11 is 0. The average molecular weight is 520 g/mol. The lowest BCUT2D eigenvalue weighted by molar-refractivity contribution is -0.130. The Kier molecular flexibility index (Phi) is 10.1. The van der Waals surface area contributed by atoms with Crippen molar-refractivity contribution in [3.63, 3.8) is 0 Å². The molecule has 10 heteroatoms. The molecule has 3 atom stereocenters. The molecular formula is C27H45N5O5. The molecule has 37 heavy (non-hydrogen) atoms. The molecule has 1 aliphatic rings. The van der Waals surface area contributed by atoms with Crippen LogP contribution in [0.2, 0.25) is 0 Å². The Labute approximate surface area is 220 Å². The number of piperazine rings is 1. The van der Waals surface area contributed by atoms with Gasteiger partial charge in [0, 0.05) is 48.9 Å². The fourth-order valence-electron chi connectivity index (χ4n) is 4.38. The largest absolute Gasteiger partial charge is 0.497 e. The predicted octanol–water partition coefficient (Wildman–Crippen LogP) is 1.10. The minimum atomic E-state index is -0.954. The fraction of sp³-hybridized carbons (Fsp3) is 0.667. The van der Waals surface area contributed by atoms with E-state index in [1.54, 1.807) is 25.9 Å². The quantitative estimate of drug-likeness (QED) is 0.323. The average Bonchev–Trinajstić information content (AvgIpc) is 2.82. The molecule has 1 heterocycles. The molecule has 0 bridgehead atoms. The third-order valence-corrected chi connectivity index (χ3v) is 7.33. The summed E-state index contributed by atoms with van der Waals surface area (Å²) in [6, 6.07) is 6.73. The summed E-state index contributed by atoms with van der Waals surface area (Å²) in [7, 11) is 1.59. The van der Waals surface area contributed by atoms with Gasteiger partial charge < -0.3 is 31.5 Å². The summed E-state index contributed by atoms with van der Waals surface area (Å²) in [5.41, 5.74) is 11.3. The number of ether oxygens (including phenoxy) is 1. The second kappa shape index (κ2) is 12.2. The van der Waals surface area contributed by atoms with E-state index in [0.717, 1.165) is 5.69 Å². The molecule has 208 valence electrons. The van der Waals surface area contributed by atoms with Gasteiger partial charge in [0.05, 0.1) is 25.2 Å². The smallest absolute Gasteiger partial charge is 0.241 e. The molecule has 10 nitrogen and oxygen atoms in total. The number of hydrogen-bond donors (Lipinski definition) is 4. The molecular weight excluding hydrogens is 474 g/mol. The monoisotopic (exact) mass is 519 g/mol. The van der Waals surface area contributed by atoms with Gasteiger partial charge in [0.15, 0.2) is 0 Å². The lowest BCUT2D eigenvalue weighted by Crippen LogP contribution is -2.64. The maximum absolute atomic E-state index is 13.1.